The lowest BCUT2D eigenvalue weighted by Crippen LogP contribution is -2.45. The molecule has 1 aromatic rings. The average molecular weight is 275 g/mol. The van der Waals surface area contributed by atoms with Gasteiger partial charge in [-0.1, -0.05) is 17.7 Å². The molecule has 3 nitrogen and oxygen atoms in total. The number of carbonyl (C=O) groups excluding carboxylic acids is 1. The van der Waals surface area contributed by atoms with Crippen molar-refractivity contribution in [2.45, 2.75) is 45.8 Å². The summed E-state index contributed by atoms with van der Waals surface area (Å²) in [6, 6.07) is 6.05. The SMILES string of the molecule is COC1CCN(C(C)C(=O)c2cc(C)ccc2C)CC1. The van der Waals surface area contributed by atoms with Crippen molar-refractivity contribution in [1.82, 2.24) is 4.90 Å². The first kappa shape index (κ1) is 15.2. The Hall–Kier alpha value is -1.19. The fourth-order valence-corrected chi connectivity index (χ4v) is 2.89. The summed E-state index contributed by atoms with van der Waals surface area (Å²) in [5.41, 5.74) is 3.08. The van der Waals surface area contributed by atoms with Crippen LogP contribution in [-0.4, -0.2) is 43.0 Å². The highest BCUT2D eigenvalue weighted by Gasteiger charge is 2.27. The second kappa shape index (κ2) is 6.51. The maximum Gasteiger partial charge on any atom is 0.179 e. The molecular weight excluding hydrogens is 250 g/mol. The number of aryl methyl sites for hydroxylation is 2. The topological polar surface area (TPSA) is 29.5 Å². The monoisotopic (exact) mass is 275 g/mol. The van der Waals surface area contributed by atoms with Crippen LogP contribution in [-0.2, 0) is 4.74 Å². The maximum absolute atomic E-state index is 12.7. The van der Waals surface area contributed by atoms with Crippen molar-refractivity contribution in [3.63, 3.8) is 0 Å². The van der Waals surface area contributed by atoms with Crippen LogP contribution in [0.5, 0.6) is 0 Å². The molecule has 0 aliphatic carbocycles. The van der Waals surface area contributed by atoms with Crippen LogP contribution in [0.1, 0.15) is 41.3 Å². The summed E-state index contributed by atoms with van der Waals surface area (Å²) in [4.78, 5) is 15.0. The highest BCUT2D eigenvalue weighted by molar-refractivity contribution is 6.01. The van der Waals surface area contributed by atoms with E-state index in [-0.39, 0.29) is 11.8 Å². The quantitative estimate of drug-likeness (QED) is 0.791. The number of carbonyl (C=O) groups is 1. The summed E-state index contributed by atoms with van der Waals surface area (Å²) in [7, 11) is 1.77. The van der Waals surface area contributed by atoms with Crippen molar-refractivity contribution in [2.24, 2.45) is 0 Å². The highest BCUT2D eigenvalue weighted by Crippen LogP contribution is 2.19. The van der Waals surface area contributed by atoms with Gasteiger partial charge >= 0.3 is 0 Å². The standard InChI is InChI=1S/C17H25NO2/c1-12-5-6-13(2)16(11-12)17(19)14(3)18-9-7-15(20-4)8-10-18/h5-6,11,14-15H,7-10H2,1-4H3. The summed E-state index contributed by atoms with van der Waals surface area (Å²) in [5.74, 6) is 0.238. The third-order valence-electron chi connectivity index (χ3n) is 4.40. The van der Waals surface area contributed by atoms with Gasteiger partial charge in [0, 0.05) is 25.8 Å². The molecule has 1 fully saturated rings. The van der Waals surface area contributed by atoms with Gasteiger partial charge in [-0.2, -0.15) is 0 Å². The van der Waals surface area contributed by atoms with E-state index in [4.69, 9.17) is 4.74 Å². The minimum absolute atomic E-state index is 0.0479. The Labute approximate surface area is 121 Å². The molecule has 20 heavy (non-hydrogen) atoms. The largest absolute Gasteiger partial charge is 0.381 e. The first-order valence-electron chi connectivity index (χ1n) is 7.41. The molecule has 0 aromatic heterocycles. The molecule has 0 spiro atoms. The van der Waals surface area contributed by atoms with Gasteiger partial charge in [-0.05, 0) is 45.2 Å². The minimum Gasteiger partial charge on any atom is -0.381 e. The van der Waals surface area contributed by atoms with E-state index in [0.29, 0.717) is 6.10 Å². The molecule has 1 unspecified atom stereocenters. The van der Waals surface area contributed by atoms with Gasteiger partial charge in [-0.25, -0.2) is 0 Å². The van der Waals surface area contributed by atoms with Crippen LogP contribution in [0, 0.1) is 13.8 Å². The molecular formula is C17H25NO2. The van der Waals surface area contributed by atoms with Crippen LogP contribution in [0.4, 0.5) is 0 Å². The molecule has 2 rings (SSSR count). The van der Waals surface area contributed by atoms with E-state index in [1.807, 2.05) is 32.9 Å². The van der Waals surface area contributed by atoms with Crippen LogP contribution < -0.4 is 0 Å². The van der Waals surface area contributed by atoms with Gasteiger partial charge in [0.15, 0.2) is 5.78 Å². The molecule has 0 bridgehead atoms. The Balaban J connectivity index is 2.07. The second-order valence-electron chi connectivity index (χ2n) is 5.83. The minimum atomic E-state index is -0.0479. The first-order chi connectivity index (χ1) is 9.52. The molecule has 3 heteroatoms. The average Bonchev–Trinajstić information content (AvgIpc) is 2.48. The summed E-state index contributed by atoms with van der Waals surface area (Å²) in [5, 5.41) is 0. The molecule has 1 heterocycles. The van der Waals surface area contributed by atoms with Gasteiger partial charge in [0.05, 0.1) is 12.1 Å². The van der Waals surface area contributed by atoms with E-state index in [0.717, 1.165) is 42.6 Å². The summed E-state index contributed by atoms with van der Waals surface area (Å²) >= 11 is 0. The molecule has 0 N–H and O–H groups in total. The summed E-state index contributed by atoms with van der Waals surface area (Å²) < 4.78 is 5.39. The predicted molar refractivity (Wildman–Crippen MR) is 81.3 cm³/mol. The number of nitrogens with zero attached hydrogens (tertiary/aromatic N) is 1. The van der Waals surface area contributed by atoms with Gasteiger partial charge in [-0.15, -0.1) is 0 Å². The van der Waals surface area contributed by atoms with Gasteiger partial charge in [0.2, 0.25) is 0 Å². The maximum atomic E-state index is 12.7. The lowest BCUT2D eigenvalue weighted by molar-refractivity contribution is 0.0289. The zero-order valence-corrected chi connectivity index (χ0v) is 13.0. The number of piperidine rings is 1. The Morgan fingerprint density at radius 1 is 1.30 bits per heavy atom. The number of likely N-dealkylation sites (tertiary alicyclic amines) is 1. The van der Waals surface area contributed by atoms with Crippen molar-refractivity contribution >= 4 is 5.78 Å². The van der Waals surface area contributed by atoms with E-state index < -0.39 is 0 Å². The predicted octanol–water partition coefficient (Wildman–Crippen LogP) is 2.99. The number of hydrogen-bond donors (Lipinski definition) is 0. The normalized spacial score (nSPS) is 19.0. The Bertz CT molecular complexity index is 476. The van der Waals surface area contributed by atoms with Crippen LogP contribution in [0.15, 0.2) is 18.2 Å². The van der Waals surface area contributed by atoms with E-state index >= 15 is 0 Å². The van der Waals surface area contributed by atoms with E-state index in [9.17, 15) is 4.79 Å². The summed E-state index contributed by atoms with van der Waals surface area (Å²) in [6.07, 6.45) is 2.39. The first-order valence-corrected chi connectivity index (χ1v) is 7.41. The number of Topliss-reactive ketones (excluding diaryl/α,β-unsaturated/α-hetero) is 1. The number of hydrogen-bond acceptors (Lipinski definition) is 3. The van der Waals surface area contributed by atoms with E-state index in [2.05, 4.69) is 11.0 Å². The molecule has 1 aliphatic heterocycles. The number of ether oxygens (including phenoxy) is 1. The van der Waals surface area contributed by atoms with E-state index in [1.165, 1.54) is 0 Å². The molecule has 110 valence electrons. The van der Waals surface area contributed by atoms with Crippen molar-refractivity contribution in [3.05, 3.63) is 34.9 Å². The van der Waals surface area contributed by atoms with Crippen LogP contribution in [0.25, 0.3) is 0 Å². The number of ketones is 1. The van der Waals surface area contributed by atoms with E-state index in [1.54, 1.807) is 7.11 Å². The zero-order valence-electron chi connectivity index (χ0n) is 13.0. The third-order valence-corrected chi connectivity index (χ3v) is 4.40. The Morgan fingerprint density at radius 2 is 1.95 bits per heavy atom. The molecule has 1 atom stereocenters. The lowest BCUT2D eigenvalue weighted by Gasteiger charge is -2.35. The van der Waals surface area contributed by atoms with Crippen molar-refractivity contribution in [2.75, 3.05) is 20.2 Å². The smallest absolute Gasteiger partial charge is 0.179 e. The molecule has 1 aromatic carbocycles. The lowest BCUT2D eigenvalue weighted by atomic mass is 9.96. The van der Waals surface area contributed by atoms with Gasteiger partial charge in [-0.3, -0.25) is 9.69 Å². The Kier molecular flexibility index (Phi) is 4.95. The molecule has 0 radical (unpaired) electrons. The number of methoxy groups -OCH3 is 1. The molecule has 1 aliphatic rings. The van der Waals surface area contributed by atoms with Gasteiger partial charge in [0.25, 0.3) is 0 Å². The third kappa shape index (κ3) is 3.28. The fourth-order valence-electron chi connectivity index (χ4n) is 2.89. The molecule has 0 amide bonds. The molecule has 0 saturated carbocycles. The Morgan fingerprint density at radius 3 is 2.55 bits per heavy atom. The van der Waals surface area contributed by atoms with Crippen molar-refractivity contribution in [1.29, 1.82) is 0 Å². The van der Waals surface area contributed by atoms with Gasteiger partial charge < -0.3 is 4.74 Å². The van der Waals surface area contributed by atoms with Crippen LogP contribution >= 0.6 is 0 Å². The highest BCUT2D eigenvalue weighted by atomic mass is 16.5. The fraction of sp³-hybridized carbons (Fsp3) is 0.588. The molecule has 1 saturated heterocycles. The summed E-state index contributed by atoms with van der Waals surface area (Å²) in [6.45, 7) is 7.95. The van der Waals surface area contributed by atoms with Crippen molar-refractivity contribution in [3.8, 4) is 0 Å². The number of benzene rings is 1. The van der Waals surface area contributed by atoms with Crippen molar-refractivity contribution < 1.29 is 9.53 Å². The second-order valence-corrected chi connectivity index (χ2v) is 5.83. The van der Waals surface area contributed by atoms with Crippen LogP contribution in [0.2, 0.25) is 0 Å². The van der Waals surface area contributed by atoms with Crippen LogP contribution in [0.3, 0.4) is 0 Å². The van der Waals surface area contributed by atoms with Gasteiger partial charge in [0.1, 0.15) is 0 Å². The zero-order chi connectivity index (χ0) is 14.7. The number of rotatable bonds is 4.